The Labute approximate surface area is 94.4 Å². The van der Waals surface area contributed by atoms with Gasteiger partial charge in [-0.25, -0.2) is 9.78 Å². The van der Waals surface area contributed by atoms with Crippen LogP contribution in [0.25, 0.3) is 0 Å². The number of ether oxygens (including phenoxy) is 1. The average molecular weight is 228 g/mol. The molecule has 0 radical (unpaired) electrons. The highest BCUT2D eigenvalue weighted by molar-refractivity contribution is 6.23. The second kappa shape index (κ2) is 5.12. The maximum atomic E-state index is 11.4. The zero-order chi connectivity index (χ0) is 11.3. The number of hydrogen-bond donors (Lipinski definition) is 0. The van der Waals surface area contributed by atoms with Gasteiger partial charge in [-0.2, -0.15) is 0 Å². The molecule has 0 spiro atoms. The van der Waals surface area contributed by atoms with E-state index in [-0.39, 0.29) is 4.87 Å². The quantitative estimate of drug-likeness (QED) is 0.586. The van der Waals surface area contributed by atoms with Gasteiger partial charge in [0.1, 0.15) is 5.69 Å². The van der Waals surface area contributed by atoms with Crippen molar-refractivity contribution in [1.82, 2.24) is 4.98 Å². The summed E-state index contributed by atoms with van der Waals surface area (Å²) < 4.78 is 5.02. The predicted molar refractivity (Wildman–Crippen MR) is 59.1 cm³/mol. The van der Waals surface area contributed by atoms with Gasteiger partial charge in [0.15, 0.2) is 0 Å². The molecule has 15 heavy (non-hydrogen) atoms. The van der Waals surface area contributed by atoms with Gasteiger partial charge in [0.25, 0.3) is 0 Å². The van der Waals surface area contributed by atoms with Crippen LogP contribution in [-0.2, 0) is 4.74 Å². The molecule has 0 atom stereocenters. The summed E-state index contributed by atoms with van der Waals surface area (Å²) in [5.41, 5.74) is 0.324. The first kappa shape index (κ1) is 12.0. The minimum absolute atomic E-state index is 0.311. The number of nitrogens with zero attached hydrogens (tertiary/aromatic N) is 1. The van der Waals surface area contributed by atoms with Gasteiger partial charge in [-0.1, -0.05) is 6.07 Å². The first-order valence-corrected chi connectivity index (χ1v) is 5.14. The van der Waals surface area contributed by atoms with Gasteiger partial charge in [0, 0.05) is 17.5 Å². The number of halogens is 1. The van der Waals surface area contributed by atoms with Crippen LogP contribution in [0.2, 0.25) is 0 Å². The first-order chi connectivity index (χ1) is 6.99. The van der Waals surface area contributed by atoms with Crippen molar-refractivity contribution < 1.29 is 9.53 Å². The second-order valence-electron chi connectivity index (χ2n) is 3.82. The zero-order valence-electron chi connectivity index (χ0n) is 8.87. The third kappa shape index (κ3) is 4.79. The molecule has 0 aliphatic rings. The van der Waals surface area contributed by atoms with E-state index in [4.69, 9.17) is 16.3 Å². The van der Waals surface area contributed by atoms with Crippen molar-refractivity contribution in [3.05, 3.63) is 30.1 Å². The SMILES string of the molecule is CC(C)(Cl)CCOC(=O)c1ccccn1. The summed E-state index contributed by atoms with van der Waals surface area (Å²) >= 11 is 5.96. The van der Waals surface area contributed by atoms with Gasteiger partial charge in [-0.05, 0) is 26.0 Å². The highest BCUT2D eigenvalue weighted by Gasteiger charge is 2.14. The fourth-order valence-corrected chi connectivity index (χ4v) is 1.02. The summed E-state index contributed by atoms with van der Waals surface area (Å²) in [6, 6.07) is 5.11. The summed E-state index contributed by atoms with van der Waals surface area (Å²) in [7, 11) is 0. The third-order valence-corrected chi connectivity index (χ3v) is 1.99. The van der Waals surface area contributed by atoms with Gasteiger partial charge in [-0.3, -0.25) is 0 Å². The molecule has 3 nitrogen and oxygen atoms in total. The minimum atomic E-state index is -0.406. The van der Waals surface area contributed by atoms with Crippen molar-refractivity contribution in [2.45, 2.75) is 25.1 Å². The third-order valence-electron chi connectivity index (χ3n) is 1.80. The molecular weight excluding hydrogens is 214 g/mol. The molecule has 1 heterocycles. The topological polar surface area (TPSA) is 39.2 Å². The summed E-state index contributed by atoms with van der Waals surface area (Å²) in [4.78, 5) is 14.9. The molecule has 0 saturated heterocycles. The van der Waals surface area contributed by atoms with Crippen LogP contribution in [0.15, 0.2) is 24.4 Å². The summed E-state index contributed by atoms with van der Waals surface area (Å²) in [6.45, 7) is 4.07. The van der Waals surface area contributed by atoms with Crippen molar-refractivity contribution in [3.63, 3.8) is 0 Å². The maximum Gasteiger partial charge on any atom is 0.356 e. The van der Waals surface area contributed by atoms with E-state index in [0.717, 1.165) is 0 Å². The molecule has 0 unspecified atom stereocenters. The van der Waals surface area contributed by atoms with E-state index in [1.807, 2.05) is 13.8 Å². The molecule has 1 aromatic rings. The van der Waals surface area contributed by atoms with Crippen LogP contribution < -0.4 is 0 Å². The Hall–Kier alpha value is -1.09. The Morgan fingerprint density at radius 3 is 2.80 bits per heavy atom. The zero-order valence-corrected chi connectivity index (χ0v) is 9.62. The van der Waals surface area contributed by atoms with E-state index < -0.39 is 5.97 Å². The Morgan fingerprint density at radius 2 is 2.27 bits per heavy atom. The lowest BCUT2D eigenvalue weighted by molar-refractivity contribution is 0.0485. The maximum absolute atomic E-state index is 11.4. The highest BCUT2D eigenvalue weighted by atomic mass is 35.5. The van der Waals surface area contributed by atoms with E-state index >= 15 is 0 Å². The van der Waals surface area contributed by atoms with Crippen LogP contribution in [-0.4, -0.2) is 22.4 Å². The first-order valence-electron chi connectivity index (χ1n) is 4.76. The van der Waals surface area contributed by atoms with Gasteiger partial charge in [0.05, 0.1) is 6.61 Å². The Bertz CT molecular complexity index is 319. The Morgan fingerprint density at radius 1 is 1.53 bits per heavy atom. The summed E-state index contributed by atoms with van der Waals surface area (Å²) in [6.07, 6.45) is 2.18. The van der Waals surface area contributed by atoms with Crippen LogP contribution in [0, 0.1) is 0 Å². The predicted octanol–water partition coefficient (Wildman–Crippen LogP) is 2.65. The van der Waals surface area contributed by atoms with Crippen molar-refractivity contribution in [2.75, 3.05) is 6.61 Å². The lowest BCUT2D eigenvalue weighted by Crippen LogP contribution is -2.16. The normalized spacial score (nSPS) is 11.1. The van der Waals surface area contributed by atoms with E-state index in [9.17, 15) is 4.79 Å². The number of carbonyl (C=O) groups excluding carboxylic acids is 1. The molecule has 4 heteroatoms. The Kier molecular flexibility index (Phi) is 4.09. The van der Waals surface area contributed by atoms with Crippen LogP contribution in [0.1, 0.15) is 30.8 Å². The summed E-state index contributed by atoms with van der Waals surface area (Å²) in [5.74, 6) is -0.406. The summed E-state index contributed by atoms with van der Waals surface area (Å²) in [5, 5.41) is 0. The largest absolute Gasteiger partial charge is 0.461 e. The fraction of sp³-hybridized carbons (Fsp3) is 0.455. The van der Waals surface area contributed by atoms with E-state index in [1.54, 1.807) is 24.4 Å². The molecule has 0 bridgehead atoms. The number of carbonyl (C=O) groups is 1. The number of hydrogen-bond acceptors (Lipinski definition) is 3. The van der Waals surface area contributed by atoms with E-state index in [1.165, 1.54) is 0 Å². The number of alkyl halides is 1. The van der Waals surface area contributed by atoms with Crippen LogP contribution in [0.5, 0.6) is 0 Å². The fourth-order valence-electron chi connectivity index (χ4n) is 0.944. The minimum Gasteiger partial charge on any atom is -0.461 e. The van der Waals surface area contributed by atoms with Crippen LogP contribution in [0.4, 0.5) is 0 Å². The van der Waals surface area contributed by atoms with Crippen molar-refractivity contribution in [3.8, 4) is 0 Å². The van der Waals surface area contributed by atoms with Gasteiger partial charge in [0.2, 0.25) is 0 Å². The smallest absolute Gasteiger partial charge is 0.356 e. The number of rotatable bonds is 4. The highest BCUT2D eigenvalue weighted by Crippen LogP contribution is 2.17. The van der Waals surface area contributed by atoms with Crippen LogP contribution in [0.3, 0.4) is 0 Å². The monoisotopic (exact) mass is 227 g/mol. The molecule has 0 amide bonds. The van der Waals surface area contributed by atoms with Crippen molar-refractivity contribution in [2.24, 2.45) is 0 Å². The molecule has 0 aromatic carbocycles. The van der Waals surface area contributed by atoms with Crippen molar-refractivity contribution in [1.29, 1.82) is 0 Å². The van der Waals surface area contributed by atoms with Crippen molar-refractivity contribution >= 4 is 17.6 Å². The number of aromatic nitrogens is 1. The Balaban J connectivity index is 2.38. The molecule has 0 N–H and O–H groups in total. The van der Waals surface area contributed by atoms with E-state index in [2.05, 4.69) is 4.98 Å². The average Bonchev–Trinajstić information content (AvgIpc) is 2.17. The molecular formula is C11H14ClNO2. The lowest BCUT2D eigenvalue weighted by atomic mass is 10.1. The number of esters is 1. The van der Waals surface area contributed by atoms with Crippen LogP contribution >= 0.6 is 11.6 Å². The molecule has 0 saturated carbocycles. The molecule has 1 rings (SSSR count). The van der Waals surface area contributed by atoms with E-state index in [0.29, 0.717) is 18.7 Å². The number of pyridine rings is 1. The molecule has 0 fully saturated rings. The molecule has 0 aliphatic heterocycles. The van der Waals surface area contributed by atoms with Gasteiger partial charge in [-0.15, -0.1) is 11.6 Å². The lowest BCUT2D eigenvalue weighted by Gasteiger charge is -2.14. The standard InChI is InChI=1S/C11H14ClNO2/c1-11(2,12)6-8-15-10(14)9-5-3-4-7-13-9/h3-5,7H,6,8H2,1-2H3. The van der Waals surface area contributed by atoms with Gasteiger partial charge >= 0.3 is 5.97 Å². The van der Waals surface area contributed by atoms with Gasteiger partial charge < -0.3 is 4.74 Å². The molecule has 82 valence electrons. The molecule has 1 aromatic heterocycles. The second-order valence-corrected chi connectivity index (χ2v) is 4.84. The molecule has 0 aliphatic carbocycles.